The number of benzene rings is 1. The summed E-state index contributed by atoms with van der Waals surface area (Å²) in [4.78, 5) is 12.8. The first-order valence-electron chi connectivity index (χ1n) is 6.06. The molecule has 0 aromatic heterocycles. The molecule has 1 rings (SSSR count). The van der Waals surface area contributed by atoms with Crippen LogP contribution >= 0.6 is 0 Å². The van der Waals surface area contributed by atoms with Crippen molar-refractivity contribution in [1.82, 2.24) is 0 Å². The Hall–Kier alpha value is -2.01. The number of likely N-dealkylation sites (N-methyl/N-ethyl adjacent to an activating group) is 1. The average molecular weight is 263 g/mol. The highest BCUT2D eigenvalue weighted by Gasteiger charge is 2.02. The molecular weight excluding hydrogens is 242 g/mol. The van der Waals surface area contributed by atoms with Crippen molar-refractivity contribution >= 4 is 17.3 Å². The van der Waals surface area contributed by atoms with Crippen LogP contribution in [0.2, 0.25) is 0 Å². The van der Waals surface area contributed by atoms with Gasteiger partial charge in [-0.2, -0.15) is 0 Å². The van der Waals surface area contributed by atoms with Gasteiger partial charge in [-0.25, -0.2) is 0 Å². The van der Waals surface area contributed by atoms with Crippen LogP contribution in [0, 0.1) is 0 Å². The maximum Gasteiger partial charge on any atom is 0.223 e. The van der Waals surface area contributed by atoms with E-state index in [2.05, 4.69) is 16.8 Å². The highest BCUT2D eigenvalue weighted by Crippen LogP contribution is 2.18. The van der Waals surface area contributed by atoms with E-state index >= 15 is 0 Å². The van der Waals surface area contributed by atoms with E-state index < -0.39 is 5.91 Å². The number of anilines is 2. The largest absolute Gasteiger partial charge is 0.383 e. The molecule has 0 aliphatic heterocycles. The Morgan fingerprint density at radius 1 is 1.42 bits per heavy atom. The Morgan fingerprint density at radius 3 is 2.58 bits per heavy atom. The normalized spacial score (nSPS) is 10.0. The molecule has 0 saturated carbocycles. The van der Waals surface area contributed by atoms with Crippen LogP contribution in [0.4, 0.5) is 11.4 Å². The van der Waals surface area contributed by atoms with E-state index in [1.807, 2.05) is 31.3 Å². The van der Waals surface area contributed by atoms with E-state index in [1.165, 1.54) is 0 Å². The topological polar surface area (TPSA) is 67.6 Å². The fourth-order valence-electron chi connectivity index (χ4n) is 1.62. The molecule has 5 nitrogen and oxygen atoms in total. The summed E-state index contributed by atoms with van der Waals surface area (Å²) >= 11 is 0. The van der Waals surface area contributed by atoms with Crippen molar-refractivity contribution in [3.63, 3.8) is 0 Å². The van der Waals surface area contributed by atoms with Gasteiger partial charge in [-0.1, -0.05) is 6.58 Å². The molecule has 0 saturated heterocycles. The molecule has 19 heavy (non-hydrogen) atoms. The Morgan fingerprint density at radius 2 is 2.05 bits per heavy atom. The molecule has 0 spiro atoms. The Bertz CT molecular complexity index is 429. The van der Waals surface area contributed by atoms with E-state index in [0.29, 0.717) is 12.3 Å². The zero-order chi connectivity index (χ0) is 14.3. The van der Waals surface area contributed by atoms with Crippen molar-refractivity contribution in [3.8, 4) is 0 Å². The highest BCUT2D eigenvalue weighted by molar-refractivity contribution is 5.77. The summed E-state index contributed by atoms with van der Waals surface area (Å²) in [5.74, 6) is -0.395. The molecule has 0 heterocycles. The van der Waals surface area contributed by atoms with Gasteiger partial charge in [0.15, 0.2) is 0 Å². The first kappa shape index (κ1) is 15.0. The number of carbonyl (C=O) groups is 1. The highest BCUT2D eigenvalue weighted by atomic mass is 16.5. The summed E-state index contributed by atoms with van der Waals surface area (Å²) in [7, 11) is 3.69. The summed E-state index contributed by atoms with van der Waals surface area (Å²) in [5, 5.41) is 3.04. The molecular formula is C14H21N3O2. The predicted octanol–water partition coefficient (Wildman–Crippen LogP) is 1.57. The minimum Gasteiger partial charge on any atom is -0.383 e. The number of ether oxygens (including phenoxy) is 1. The van der Waals surface area contributed by atoms with Gasteiger partial charge in [0.2, 0.25) is 5.91 Å². The molecule has 1 aromatic carbocycles. The second-order valence-electron chi connectivity index (χ2n) is 4.33. The molecule has 104 valence electrons. The number of nitrogens with zero attached hydrogens (tertiary/aromatic N) is 1. The molecule has 0 fully saturated rings. The van der Waals surface area contributed by atoms with Crippen molar-refractivity contribution in [2.24, 2.45) is 5.73 Å². The molecule has 1 aromatic rings. The first-order valence-corrected chi connectivity index (χ1v) is 6.06. The third-order valence-corrected chi connectivity index (χ3v) is 2.65. The number of hydrogen-bond acceptors (Lipinski definition) is 4. The molecule has 0 aliphatic carbocycles. The maximum absolute atomic E-state index is 10.7. The van der Waals surface area contributed by atoms with E-state index in [-0.39, 0.29) is 6.42 Å². The van der Waals surface area contributed by atoms with Crippen LogP contribution in [0.5, 0.6) is 0 Å². The van der Waals surface area contributed by atoms with E-state index in [9.17, 15) is 4.79 Å². The number of primary amides is 1. The second kappa shape index (κ2) is 7.43. The van der Waals surface area contributed by atoms with Crippen molar-refractivity contribution in [2.45, 2.75) is 6.42 Å². The zero-order valence-electron chi connectivity index (χ0n) is 11.5. The molecule has 0 radical (unpaired) electrons. The summed E-state index contributed by atoms with van der Waals surface area (Å²) < 4.78 is 5.04. The molecule has 5 heteroatoms. The van der Waals surface area contributed by atoms with Crippen molar-refractivity contribution < 1.29 is 9.53 Å². The van der Waals surface area contributed by atoms with E-state index in [4.69, 9.17) is 10.5 Å². The second-order valence-corrected chi connectivity index (χ2v) is 4.33. The Balaban J connectivity index is 2.56. The summed E-state index contributed by atoms with van der Waals surface area (Å²) in [6.07, 6.45) is 0.134. The third-order valence-electron chi connectivity index (χ3n) is 2.65. The lowest BCUT2D eigenvalue weighted by atomic mass is 10.2. The number of hydrogen-bond donors (Lipinski definition) is 2. The van der Waals surface area contributed by atoms with Crippen LogP contribution in [-0.2, 0) is 9.53 Å². The standard InChI is InChI=1S/C14H21N3O2/c1-11(10-14(15)18)16-12-4-6-13(7-5-12)17(2)8-9-19-3/h4-7,16H,1,8-10H2,2-3H3,(H2,15,18). The number of nitrogens with two attached hydrogens (primary N) is 1. The summed E-state index contributed by atoms with van der Waals surface area (Å²) in [6.45, 7) is 5.27. The number of methoxy groups -OCH3 is 1. The molecule has 1 amide bonds. The van der Waals surface area contributed by atoms with Crippen molar-refractivity contribution in [3.05, 3.63) is 36.5 Å². The summed E-state index contributed by atoms with van der Waals surface area (Å²) in [5.41, 5.74) is 7.67. The fourth-order valence-corrected chi connectivity index (χ4v) is 1.62. The lowest BCUT2D eigenvalue weighted by Crippen LogP contribution is -2.21. The van der Waals surface area contributed by atoms with Gasteiger partial charge in [-0.15, -0.1) is 0 Å². The Kier molecular flexibility index (Phi) is 5.89. The van der Waals surface area contributed by atoms with Crippen LogP contribution in [0.3, 0.4) is 0 Å². The van der Waals surface area contributed by atoms with Crippen molar-refractivity contribution in [1.29, 1.82) is 0 Å². The summed E-state index contributed by atoms with van der Waals surface area (Å²) in [6, 6.07) is 7.86. The molecule has 0 bridgehead atoms. The number of nitrogens with one attached hydrogen (secondary N) is 1. The van der Waals surface area contributed by atoms with Gasteiger partial charge in [0.1, 0.15) is 0 Å². The monoisotopic (exact) mass is 263 g/mol. The van der Waals surface area contributed by atoms with Gasteiger partial charge in [-0.05, 0) is 24.3 Å². The number of rotatable bonds is 8. The predicted molar refractivity (Wildman–Crippen MR) is 78.2 cm³/mol. The maximum atomic E-state index is 10.7. The minimum atomic E-state index is -0.395. The molecule has 3 N–H and O–H groups in total. The van der Waals surface area contributed by atoms with Crippen LogP contribution in [0.25, 0.3) is 0 Å². The van der Waals surface area contributed by atoms with Crippen LogP contribution < -0.4 is 16.0 Å². The lowest BCUT2D eigenvalue weighted by Gasteiger charge is -2.19. The van der Waals surface area contributed by atoms with E-state index in [1.54, 1.807) is 7.11 Å². The van der Waals surface area contributed by atoms with Gasteiger partial charge < -0.3 is 20.7 Å². The zero-order valence-corrected chi connectivity index (χ0v) is 11.5. The molecule has 0 atom stereocenters. The van der Waals surface area contributed by atoms with Gasteiger partial charge in [0.25, 0.3) is 0 Å². The van der Waals surface area contributed by atoms with Gasteiger partial charge in [0.05, 0.1) is 13.0 Å². The van der Waals surface area contributed by atoms with Gasteiger partial charge in [-0.3, -0.25) is 4.79 Å². The average Bonchev–Trinajstić information content (AvgIpc) is 2.35. The number of carbonyl (C=O) groups excluding carboxylic acids is 1. The SMILES string of the molecule is C=C(CC(N)=O)Nc1ccc(N(C)CCOC)cc1. The lowest BCUT2D eigenvalue weighted by molar-refractivity contribution is -0.117. The smallest absolute Gasteiger partial charge is 0.223 e. The first-order chi connectivity index (χ1) is 9.02. The van der Waals surface area contributed by atoms with Crippen molar-refractivity contribution in [2.75, 3.05) is 37.5 Å². The van der Waals surface area contributed by atoms with Gasteiger partial charge in [0, 0.05) is 37.8 Å². The van der Waals surface area contributed by atoms with Crippen LogP contribution in [-0.4, -0.2) is 33.2 Å². The van der Waals surface area contributed by atoms with Crippen LogP contribution in [0.1, 0.15) is 6.42 Å². The minimum absolute atomic E-state index is 0.134. The van der Waals surface area contributed by atoms with Gasteiger partial charge >= 0.3 is 0 Å². The third kappa shape index (κ3) is 5.44. The van der Waals surface area contributed by atoms with Crippen LogP contribution in [0.15, 0.2) is 36.5 Å². The molecule has 0 aliphatic rings. The Labute approximate surface area is 114 Å². The molecule has 0 unspecified atom stereocenters. The number of amides is 1. The fraction of sp³-hybridized carbons (Fsp3) is 0.357. The quantitative estimate of drug-likeness (QED) is 0.747. The van der Waals surface area contributed by atoms with E-state index in [0.717, 1.165) is 17.9 Å².